The maximum atomic E-state index is 12.9. The third kappa shape index (κ3) is 4.69. The van der Waals surface area contributed by atoms with Crippen molar-refractivity contribution in [2.75, 3.05) is 18.5 Å². The van der Waals surface area contributed by atoms with Gasteiger partial charge in [0.2, 0.25) is 0 Å². The number of esters is 1. The predicted molar refractivity (Wildman–Crippen MR) is 129 cm³/mol. The number of carbonyl (C=O) groups is 4. The van der Waals surface area contributed by atoms with Gasteiger partial charge in [0, 0.05) is 35.2 Å². The average molecular weight is 459 g/mol. The first-order chi connectivity index (χ1) is 16.4. The summed E-state index contributed by atoms with van der Waals surface area (Å²) in [5.41, 5.74) is 2.65. The van der Waals surface area contributed by atoms with Crippen molar-refractivity contribution in [2.45, 2.75) is 32.6 Å². The van der Waals surface area contributed by atoms with E-state index in [-0.39, 0.29) is 37.1 Å². The number of nitrogens with zero attached hydrogens (tertiary/aromatic N) is 1. The predicted octanol–water partition coefficient (Wildman–Crippen LogP) is 4.52. The van der Waals surface area contributed by atoms with Gasteiger partial charge in [-0.05, 0) is 41.5 Å². The summed E-state index contributed by atoms with van der Waals surface area (Å²) in [7, 11) is 0. The summed E-state index contributed by atoms with van der Waals surface area (Å²) in [5, 5.41) is 4.28. The van der Waals surface area contributed by atoms with Gasteiger partial charge < -0.3 is 10.1 Å². The molecule has 7 nitrogen and oxygen atoms in total. The van der Waals surface area contributed by atoms with E-state index in [4.69, 9.17) is 4.74 Å². The van der Waals surface area contributed by atoms with E-state index in [0.717, 1.165) is 10.9 Å². The minimum atomic E-state index is -0.563. The minimum absolute atomic E-state index is 0.0151. The molecule has 0 fully saturated rings. The molecule has 0 saturated carbocycles. The van der Waals surface area contributed by atoms with E-state index in [2.05, 4.69) is 5.32 Å². The van der Waals surface area contributed by atoms with E-state index in [1.54, 1.807) is 30.3 Å². The second-order valence-electron chi connectivity index (χ2n) is 8.53. The fraction of sp³-hybridized carbons (Fsp3) is 0.259. The zero-order chi connectivity index (χ0) is 24.2. The molecule has 1 N–H and O–H groups in total. The molecule has 7 heteroatoms. The lowest BCUT2D eigenvalue weighted by Gasteiger charge is -2.27. The van der Waals surface area contributed by atoms with Gasteiger partial charge in [-0.15, -0.1) is 0 Å². The highest BCUT2D eigenvalue weighted by Gasteiger charge is 2.32. The molecule has 1 aliphatic heterocycles. The second kappa shape index (κ2) is 9.87. The number of imide groups is 1. The lowest BCUT2D eigenvalue weighted by Crippen LogP contribution is -2.41. The van der Waals surface area contributed by atoms with Crippen LogP contribution in [0, 0.1) is 0 Å². The van der Waals surface area contributed by atoms with Crippen LogP contribution < -0.4 is 5.32 Å². The highest BCUT2D eigenvalue weighted by atomic mass is 16.5. The number of nitrogens with one attached hydrogen (secondary N) is 1. The lowest BCUT2D eigenvalue weighted by atomic mass is 9.94. The van der Waals surface area contributed by atoms with Crippen molar-refractivity contribution in [3.05, 3.63) is 77.4 Å². The van der Waals surface area contributed by atoms with Crippen molar-refractivity contribution >= 4 is 40.2 Å². The van der Waals surface area contributed by atoms with Crippen molar-refractivity contribution in [3.63, 3.8) is 0 Å². The van der Waals surface area contributed by atoms with Crippen LogP contribution in [-0.2, 0) is 14.3 Å². The molecular weight excluding hydrogens is 432 g/mol. The summed E-state index contributed by atoms with van der Waals surface area (Å²) in [4.78, 5) is 51.3. The summed E-state index contributed by atoms with van der Waals surface area (Å²) in [5.74, 6) is -1.49. The first-order valence-corrected chi connectivity index (χ1v) is 11.3. The van der Waals surface area contributed by atoms with Crippen molar-refractivity contribution in [1.29, 1.82) is 0 Å². The van der Waals surface area contributed by atoms with Gasteiger partial charge in [-0.2, -0.15) is 0 Å². The highest BCUT2D eigenvalue weighted by molar-refractivity contribution is 6.25. The molecule has 1 aliphatic rings. The maximum absolute atomic E-state index is 12.9. The summed E-state index contributed by atoms with van der Waals surface area (Å²) in [6.45, 7) is 3.75. The largest absolute Gasteiger partial charge is 0.456 e. The lowest BCUT2D eigenvalue weighted by molar-refractivity contribution is -0.147. The number of hydrogen-bond acceptors (Lipinski definition) is 5. The molecule has 34 heavy (non-hydrogen) atoms. The van der Waals surface area contributed by atoms with Gasteiger partial charge in [-0.25, -0.2) is 0 Å². The molecule has 1 heterocycles. The molecule has 0 radical (unpaired) electrons. The van der Waals surface area contributed by atoms with E-state index in [1.165, 1.54) is 4.90 Å². The molecule has 0 unspecified atom stereocenters. The second-order valence-corrected chi connectivity index (χ2v) is 8.53. The molecular formula is C27H26N2O5. The SMILES string of the molecule is CC(C)c1ccccc1NC(=O)COC(=O)CCCN1C(=O)c2cccc3cccc(c23)C1=O. The average Bonchev–Trinajstić information content (AvgIpc) is 2.83. The van der Waals surface area contributed by atoms with Crippen LogP contribution in [0.25, 0.3) is 10.8 Å². The van der Waals surface area contributed by atoms with Crippen LogP contribution >= 0.6 is 0 Å². The van der Waals surface area contributed by atoms with E-state index < -0.39 is 18.5 Å². The monoisotopic (exact) mass is 458 g/mol. The van der Waals surface area contributed by atoms with Gasteiger partial charge in [-0.3, -0.25) is 24.1 Å². The molecule has 0 aliphatic carbocycles. The van der Waals surface area contributed by atoms with Crippen molar-refractivity contribution in [2.24, 2.45) is 0 Å². The molecule has 3 amide bonds. The standard InChI is InChI=1S/C27H26N2O5/c1-17(2)19-10-3-4-13-22(19)28-23(30)16-34-24(31)14-7-15-29-26(32)20-11-5-8-18-9-6-12-21(25(18)20)27(29)33/h3-6,8-13,17H,7,14-16H2,1-2H3,(H,28,30). The van der Waals surface area contributed by atoms with Crippen molar-refractivity contribution in [3.8, 4) is 0 Å². The molecule has 0 aromatic heterocycles. The molecule has 0 bridgehead atoms. The van der Waals surface area contributed by atoms with Gasteiger partial charge in [0.15, 0.2) is 6.61 Å². The van der Waals surface area contributed by atoms with E-state index in [1.807, 2.05) is 44.2 Å². The molecule has 0 atom stereocenters. The first kappa shape index (κ1) is 23.2. The van der Waals surface area contributed by atoms with Gasteiger partial charge in [0.05, 0.1) is 0 Å². The third-order valence-corrected chi connectivity index (χ3v) is 5.84. The topological polar surface area (TPSA) is 92.8 Å². The number of carbonyl (C=O) groups excluding carboxylic acids is 4. The number of rotatable bonds is 8. The Labute approximate surface area is 197 Å². The smallest absolute Gasteiger partial charge is 0.306 e. The molecule has 3 aromatic carbocycles. The van der Waals surface area contributed by atoms with Crippen LogP contribution in [0.5, 0.6) is 0 Å². The van der Waals surface area contributed by atoms with Crippen LogP contribution in [0.2, 0.25) is 0 Å². The minimum Gasteiger partial charge on any atom is -0.456 e. The van der Waals surface area contributed by atoms with E-state index in [9.17, 15) is 19.2 Å². The van der Waals surface area contributed by atoms with Crippen LogP contribution in [0.3, 0.4) is 0 Å². The normalized spacial score (nSPS) is 12.9. The zero-order valence-electron chi connectivity index (χ0n) is 19.2. The molecule has 3 aromatic rings. The van der Waals surface area contributed by atoms with Crippen LogP contribution in [0.15, 0.2) is 60.7 Å². The van der Waals surface area contributed by atoms with E-state index >= 15 is 0 Å². The van der Waals surface area contributed by atoms with Crippen LogP contribution in [0.1, 0.15) is 58.9 Å². The summed E-state index contributed by atoms with van der Waals surface area (Å²) in [6, 6.07) is 18.2. The fourth-order valence-electron chi connectivity index (χ4n) is 4.18. The number of benzene rings is 3. The zero-order valence-corrected chi connectivity index (χ0v) is 19.2. The Hall–Kier alpha value is -4.00. The first-order valence-electron chi connectivity index (χ1n) is 11.3. The van der Waals surface area contributed by atoms with E-state index in [0.29, 0.717) is 22.2 Å². The van der Waals surface area contributed by atoms with Gasteiger partial charge in [-0.1, -0.05) is 56.3 Å². The number of para-hydroxylation sites is 1. The quantitative estimate of drug-likeness (QED) is 0.396. The fourth-order valence-corrected chi connectivity index (χ4v) is 4.18. The third-order valence-electron chi connectivity index (χ3n) is 5.84. The maximum Gasteiger partial charge on any atom is 0.306 e. The van der Waals surface area contributed by atoms with Gasteiger partial charge in [0.25, 0.3) is 17.7 Å². The molecule has 4 rings (SSSR count). The number of anilines is 1. The Morgan fingerprint density at radius 1 is 0.912 bits per heavy atom. The summed E-state index contributed by atoms with van der Waals surface area (Å²) < 4.78 is 5.08. The van der Waals surface area contributed by atoms with Crippen LogP contribution in [-0.4, -0.2) is 41.7 Å². The number of ether oxygens (including phenoxy) is 1. The number of hydrogen-bond donors (Lipinski definition) is 1. The number of amides is 3. The molecule has 0 saturated heterocycles. The summed E-state index contributed by atoms with van der Waals surface area (Å²) in [6.07, 6.45) is 0.227. The Morgan fingerprint density at radius 2 is 1.56 bits per heavy atom. The summed E-state index contributed by atoms with van der Waals surface area (Å²) >= 11 is 0. The Morgan fingerprint density at radius 3 is 2.21 bits per heavy atom. The highest BCUT2D eigenvalue weighted by Crippen LogP contribution is 2.30. The van der Waals surface area contributed by atoms with Crippen molar-refractivity contribution < 1.29 is 23.9 Å². The van der Waals surface area contributed by atoms with Crippen LogP contribution in [0.4, 0.5) is 5.69 Å². The molecule has 174 valence electrons. The van der Waals surface area contributed by atoms with Gasteiger partial charge in [0.1, 0.15) is 0 Å². The molecule has 0 spiro atoms. The Kier molecular flexibility index (Phi) is 6.72. The van der Waals surface area contributed by atoms with Crippen molar-refractivity contribution in [1.82, 2.24) is 4.90 Å². The van der Waals surface area contributed by atoms with Gasteiger partial charge >= 0.3 is 5.97 Å². The Bertz CT molecular complexity index is 1230. The Balaban J connectivity index is 1.29.